The van der Waals surface area contributed by atoms with E-state index in [1.54, 1.807) is 4.31 Å². The molecule has 5 atom stereocenters. The van der Waals surface area contributed by atoms with Crippen LogP contribution in [0.5, 0.6) is 0 Å². The molecule has 1 aromatic rings. The Bertz CT molecular complexity index is 1080. The highest BCUT2D eigenvalue weighted by Gasteiger charge is 2.53. The number of alkyl halides is 1. The summed E-state index contributed by atoms with van der Waals surface area (Å²) in [5.74, 6) is 0.696. The number of carbonyl (C=O) groups is 1. The van der Waals surface area contributed by atoms with Gasteiger partial charge in [0, 0.05) is 44.3 Å². The molecule has 196 valence electrons. The van der Waals surface area contributed by atoms with Gasteiger partial charge in [-0.05, 0) is 25.3 Å². The van der Waals surface area contributed by atoms with E-state index in [0.717, 1.165) is 19.4 Å². The number of amides is 1. The highest BCUT2D eigenvalue weighted by molar-refractivity contribution is 7.89. The number of piperidine rings is 1. The monoisotopic (exact) mass is 512 g/mol. The molecule has 0 aromatic carbocycles. The van der Waals surface area contributed by atoms with Crippen molar-refractivity contribution >= 4 is 27.6 Å². The van der Waals surface area contributed by atoms with E-state index in [9.17, 15) is 17.6 Å². The third-order valence-corrected chi connectivity index (χ3v) is 10.5. The van der Waals surface area contributed by atoms with Crippen LogP contribution >= 0.6 is 0 Å². The van der Waals surface area contributed by atoms with Gasteiger partial charge in [-0.1, -0.05) is 20.3 Å². The van der Waals surface area contributed by atoms with E-state index < -0.39 is 16.2 Å². The Balaban J connectivity index is 1.43. The first-order chi connectivity index (χ1) is 16.7. The lowest BCUT2D eigenvalue weighted by atomic mass is 9.71. The first kappa shape index (κ1) is 24.7. The van der Waals surface area contributed by atoms with Crippen LogP contribution in [0.15, 0.2) is 0 Å². The summed E-state index contributed by atoms with van der Waals surface area (Å²) in [6.07, 6.45) is 1.33. The third-order valence-electron chi connectivity index (χ3n) is 8.58. The maximum atomic E-state index is 13.8. The van der Waals surface area contributed by atoms with Crippen LogP contribution in [0.1, 0.15) is 43.5 Å². The van der Waals surface area contributed by atoms with Gasteiger partial charge in [-0.25, -0.2) is 17.5 Å². The number of piperazine rings is 1. The molecule has 13 heteroatoms. The molecule has 0 bridgehead atoms. The minimum absolute atomic E-state index is 0.0166. The number of nitrogen functional groups attached to an aromatic ring is 1. The number of nitrogens with one attached hydrogen (secondary N) is 3. The number of hydrogen-bond donors (Lipinski definition) is 4. The molecule has 1 aromatic heterocycles. The number of fused-ring (bicyclic) bond motifs is 2. The van der Waals surface area contributed by atoms with Crippen LogP contribution < -0.4 is 21.7 Å². The summed E-state index contributed by atoms with van der Waals surface area (Å²) in [5, 5.41) is 13.8. The minimum Gasteiger partial charge on any atom is -0.381 e. The second-order valence-electron chi connectivity index (χ2n) is 10.4. The molecule has 0 aliphatic carbocycles. The van der Waals surface area contributed by atoms with Crippen LogP contribution in [0, 0.1) is 5.92 Å². The number of sulfonamides is 1. The predicted octanol–water partition coefficient (Wildman–Crippen LogP) is -0.175. The lowest BCUT2D eigenvalue weighted by Crippen LogP contribution is -2.73. The molecule has 3 fully saturated rings. The zero-order valence-electron chi connectivity index (χ0n) is 20.5. The quantitative estimate of drug-likeness (QED) is 0.427. The maximum Gasteiger partial charge on any atom is 0.259 e. The fraction of sp³-hybridized carbons (Fsp3) is 0.818. The van der Waals surface area contributed by atoms with Gasteiger partial charge in [-0.2, -0.15) is 9.40 Å². The smallest absolute Gasteiger partial charge is 0.259 e. The van der Waals surface area contributed by atoms with Gasteiger partial charge < -0.3 is 21.7 Å². The fourth-order valence-corrected chi connectivity index (χ4v) is 8.41. The first-order valence-corrected chi connectivity index (χ1v) is 14.3. The number of halogens is 1. The molecular formula is C22H37FN8O3S. The molecule has 4 aliphatic rings. The Morgan fingerprint density at radius 1 is 1.34 bits per heavy atom. The SMILES string of the molecule is CCC(C)C1(N2CCN3[C@@H](CCS3(=O)=O)C2)CCNCC1NC(=O)c1c(N)nn2c1NCC(F)C2. The lowest BCUT2D eigenvalue weighted by molar-refractivity contribution is -0.0438. The second kappa shape index (κ2) is 9.16. The van der Waals surface area contributed by atoms with E-state index in [1.807, 2.05) is 0 Å². The molecule has 0 spiro atoms. The molecule has 5 heterocycles. The van der Waals surface area contributed by atoms with Crippen molar-refractivity contribution in [2.75, 3.05) is 56.1 Å². The van der Waals surface area contributed by atoms with Crippen molar-refractivity contribution in [3.05, 3.63) is 5.56 Å². The van der Waals surface area contributed by atoms with E-state index in [0.29, 0.717) is 38.4 Å². The van der Waals surface area contributed by atoms with Crippen LogP contribution in [-0.2, 0) is 16.6 Å². The van der Waals surface area contributed by atoms with Gasteiger partial charge >= 0.3 is 0 Å². The third kappa shape index (κ3) is 4.09. The summed E-state index contributed by atoms with van der Waals surface area (Å²) in [7, 11) is -3.16. The Morgan fingerprint density at radius 3 is 2.91 bits per heavy atom. The summed E-state index contributed by atoms with van der Waals surface area (Å²) in [4.78, 5) is 16.0. The fourth-order valence-electron chi connectivity index (χ4n) is 6.62. The van der Waals surface area contributed by atoms with Crippen molar-refractivity contribution in [3.8, 4) is 0 Å². The average Bonchev–Trinajstić information content (AvgIpc) is 3.33. The van der Waals surface area contributed by atoms with E-state index in [1.165, 1.54) is 4.68 Å². The largest absolute Gasteiger partial charge is 0.381 e. The summed E-state index contributed by atoms with van der Waals surface area (Å²) in [6.45, 7) is 7.77. The molecule has 0 saturated carbocycles. The summed E-state index contributed by atoms with van der Waals surface area (Å²) in [6, 6.07) is -0.229. The van der Waals surface area contributed by atoms with Crippen molar-refractivity contribution in [1.29, 1.82) is 0 Å². The molecule has 4 aliphatic heterocycles. The lowest BCUT2D eigenvalue weighted by Gasteiger charge is -2.57. The van der Waals surface area contributed by atoms with Crippen molar-refractivity contribution in [2.24, 2.45) is 5.92 Å². The van der Waals surface area contributed by atoms with Gasteiger partial charge in [0.15, 0.2) is 5.82 Å². The average molecular weight is 513 g/mol. The molecule has 0 radical (unpaired) electrons. The highest BCUT2D eigenvalue weighted by atomic mass is 32.2. The molecule has 5 N–H and O–H groups in total. The maximum absolute atomic E-state index is 13.8. The van der Waals surface area contributed by atoms with E-state index in [2.05, 4.69) is 39.8 Å². The Hall–Kier alpha value is -1.96. The van der Waals surface area contributed by atoms with Crippen LogP contribution in [0.4, 0.5) is 16.0 Å². The molecular weight excluding hydrogens is 475 g/mol. The number of nitrogens with zero attached hydrogens (tertiary/aromatic N) is 4. The molecule has 5 rings (SSSR count). The minimum atomic E-state index is -3.16. The molecule has 4 unspecified atom stereocenters. The van der Waals surface area contributed by atoms with E-state index in [4.69, 9.17) is 5.73 Å². The summed E-state index contributed by atoms with van der Waals surface area (Å²) < 4.78 is 41.8. The Labute approximate surface area is 206 Å². The molecule has 1 amide bonds. The molecule has 11 nitrogen and oxygen atoms in total. The van der Waals surface area contributed by atoms with Crippen molar-refractivity contribution in [3.63, 3.8) is 0 Å². The number of aromatic nitrogens is 2. The predicted molar refractivity (Wildman–Crippen MR) is 131 cm³/mol. The number of nitrogens with two attached hydrogens (primary N) is 1. The van der Waals surface area contributed by atoms with Crippen molar-refractivity contribution in [1.82, 2.24) is 29.6 Å². The molecule has 35 heavy (non-hydrogen) atoms. The van der Waals surface area contributed by atoms with E-state index >= 15 is 0 Å². The van der Waals surface area contributed by atoms with Gasteiger partial charge in [0.2, 0.25) is 10.0 Å². The van der Waals surface area contributed by atoms with Crippen LogP contribution in [-0.4, -0.2) is 102 Å². The van der Waals surface area contributed by atoms with Crippen LogP contribution in [0.2, 0.25) is 0 Å². The second-order valence-corrected chi connectivity index (χ2v) is 12.4. The van der Waals surface area contributed by atoms with Gasteiger partial charge in [0.1, 0.15) is 17.6 Å². The first-order valence-electron chi connectivity index (χ1n) is 12.7. The van der Waals surface area contributed by atoms with Crippen molar-refractivity contribution < 1.29 is 17.6 Å². The number of carbonyl (C=O) groups excluding carboxylic acids is 1. The summed E-state index contributed by atoms with van der Waals surface area (Å²) >= 11 is 0. The van der Waals surface area contributed by atoms with Crippen LogP contribution in [0.25, 0.3) is 0 Å². The molecule has 3 saturated heterocycles. The van der Waals surface area contributed by atoms with Gasteiger partial charge in [0.05, 0.1) is 18.3 Å². The van der Waals surface area contributed by atoms with Gasteiger partial charge in [-0.15, -0.1) is 0 Å². The van der Waals surface area contributed by atoms with Crippen molar-refractivity contribution in [2.45, 2.75) is 63.4 Å². The standard InChI is InChI=1S/C22H37FN8O3S/c1-3-14(2)22(29-7-8-31-16(13-29)4-9-35(31,33)34)5-6-25-11-17(22)27-21(32)18-19(24)28-30-12-15(23)10-26-20(18)30/h14-17,25-26H,3-13H2,1-2H3,(H2,24,28)(H,27,32)/t14?,15?,16-,17?,22?/m0/s1. The number of hydrogen-bond acceptors (Lipinski definition) is 8. The normalized spacial score (nSPS) is 34.0. The summed E-state index contributed by atoms with van der Waals surface area (Å²) in [5.41, 5.74) is 6.04. The van der Waals surface area contributed by atoms with Gasteiger partial charge in [0.25, 0.3) is 5.91 Å². The zero-order chi connectivity index (χ0) is 25.0. The van der Waals surface area contributed by atoms with Gasteiger partial charge in [-0.3, -0.25) is 9.69 Å². The highest BCUT2D eigenvalue weighted by Crippen LogP contribution is 2.40. The Morgan fingerprint density at radius 2 is 2.14 bits per heavy atom. The topological polar surface area (TPSA) is 138 Å². The zero-order valence-corrected chi connectivity index (χ0v) is 21.3. The number of anilines is 2. The Kier molecular flexibility index (Phi) is 6.47. The van der Waals surface area contributed by atoms with Crippen LogP contribution in [0.3, 0.4) is 0 Å². The van der Waals surface area contributed by atoms with E-state index in [-0.39, 0.29) is 59.7 Å². The number of rotatable bonds is 5.